The summed E-state index contributed by atoms with van der Waals surface area (Å²) in [6.45, 7) is 2.80. The molecule has 1 amide bonds. The summed E-state index contributed by atoms with van der Waals surface area (Å²) in [5.41, 5.74) is -0.507. The van der Waals surface area contributed by atoms with Crippen LogP contribution < -0.4 is 0 Å². The van der Waals surface area contributed by atoms with Crippen LogP contribution in [0.25, 0.3) is 0 Å². The molecule has 0 aliphatic carbocycles. The smallest absolute Gasteiger partial charge is 0.313 e. The number of carbonyl (C=O) groups excluding carboxylic acids is 1. The van der Waals surface area contributed by atoms with E-state index in [9.17, 15) is 14.7 Å². The molecule has 132 valence electrons. The second-order valence-corrected chi connectivity index (χ2v) is 7.66. The van der Waals surface area contributed by atoms with E-state index in [2.05, 4.69) is 0 Å². The molecule has 1 unspecified atom stereocenters. The average Bonchev–Trinajstić information content (AvgIpc) is 2.56. The minimum Gasteiger partial charge on any atom is -0.481 e. The lowest BCUT2D eigenvalue weighted by Gasteiger charge is -2.39. The molecular formula is C17H22ClNO4S. The maximum absolute atomic E-state index is 13.0. The lowest BCUT2D eigenvalue weighted by Crippen LogP contribution is -2.52. The summed E-state index contributed by atoms with van der Waals surface area (Å²) in [5, 5.41) is 10.1. The molecule has 0 saturated carbocycles. The minimum atomic E-state index is -1.04. The predicted octanol–water partition coefficient (Wildman–Crippen LogP) is 3.41. The van der Waals surface area contributed by atoms with Gasteiger partial charge in [-0.05, 0) is 36.8 Å². The molecule has 1 atom stereocenters. The molecule has 7 heteroatoms. The number of amides is 1. The Balaban J connectivity index is 2.29. The number of halogens is 1. The van der Waals surface area contributed by atoms with Gasteiger partial charge in [-0.3, -0.25) is 9.59 Å². The Kier molecular flexibility index (Phi) is 6.54. The van der Waals surface area contributed by atoms with Crippen LogP contribution in [0.4, 0.5) is 0 Å². The summed E-state index contributed by atoms with van der Waals surface area (Å²) < 4.78 is 5.12. The number of carboxylic acid groups (broad SMARTS) is 1. The monoisotopic (exact) mass is 371 g/mol. The van der Waals surface area contributed by atoms with Gasteiger partial charge in [0, 0.05) is 30.1 Å². The van der Waals surface area contributed by atoms with E-state index in [0.29, 0.717) is 30.0 Å². The Hall–Kier alpha value is -1.24. The number of piperidine rings is 1. The molecular weight excluding hydrogens is 350 g/mol. The third-order valence-electron chi connectivity index (χ3n) is 4.21. The lowest BCUT2D eigenvalue weighted by atomic mass is 9.80. The highest BCUT2D eigenvalue weighted by Gasteiger charge is 2.44. The highest BCUT2D eigenvalue weighted by molar-refractivity contribution is 7.99. The van der Waals surface area contributed by atoms with Crippen molar-refractivity contribution in [3.63, 3.8) is 0 Å². The fourth-order valence-electron chi connectivity index (χ4n) is 3.06. The number of carbonyl (C=O) groups is 2. The van der Waals surface area contributed by atoms with E-state index in [0.717, 1.165) is 10.6 Å². The molecule has 2 rings (SSSR count). The molecule has 1 aromatic rings. The van der Waals surface area contributed by atoms with Crippen LogP contribution in [0.3, 0.4) is 0 Å². The number of aliphatic carboxylic acids is 1. The van der Waals surface area contributed by atoms with Gasteiger partial charge in [-0.2, -0.15) is 0 Å². The molecule has 0 bridgehead atoms. The summed E-state index contributed by atoms with van der Waals surface area (Å²) in [4.78, 5) is 27.2. The summed E-state index contributed by atoms with van der Waals surface area (Å²) in [7, 11) is 1.48. The summed E-state index contributed by atoms with van der Waals surface area (Å²) in [5.74, 6) is -0.254. The number of ether oxygens (including phenoxy) is 1. The van der Waals surface area contributed by atoms with Gasteiger partial charge in [0.05, 0.1) is 12.2 Å². The van der Waals surface area contributed by atoms with Crippen molar-refractivity contribution in [2.75, 3.05) is 32.6 Å². The van der Waals surface area contributed by atoms with Crippen molar-refractivity contribution in [3.8, 4) is 0 Å². The van der Waals surface area contributed by atoms with Crippen LogP contribution in [-0.2, 0) is 9.53 Å². The normalized spacial score (nSPS) is 20.9. The van der Waals surface area contributed by atoms with Crippen LogP contribution in [-0.4, -0.2) is 54.4 Å². The first-order valence-electron chi connectivity index (χ1n) is 7.87. The van der Waals surface area contributed by atoms with Crippen LogP contribution in [0, 0.1) is 5.41 Å². The zero-order valence-corrected chi connectivity index (χ0v) is 15.5. The Labute approximate surface area is 151 Å². The van der Waals surface area contributed by atoms with E-state index in [-0.39, 0.29) is 19.1 Å². The third kappa shape index (κ3) is 4.05. The number of carboxylic acids is 1. The van der Waals surface area contributed by atoms with E-state index >= 15 is 0 Å². The van der Waals surface area contributed by atoms with Crippen LogP contribution in [0.15, 0.2) is 23.1 Å². The van der Waals surface area contributed by atoms with E-state index < -0.39 is 11.4 Å². The third-order valence-corrected chi connectivity index (χ3v) is 5.40. The molecule has 5 nitrogen and oxygen atoms in total. The Morgan fingerprint density at radius 2 is 2.21 bits per heavy atom. The van der Waals surface area contributed by atoms with Gasteiger partial charge in [0.2, 0.25) is 0 Å². The van der Waals surface area contributed by atoms with Gasteiger partial charge < -0.3 is 14.7 Å². The highest BCUT2D eigenvalue weighted by Crippen LogP contribution is 2.33. The van der Waals surface area contributed by atoms with E-state index in [1.165, 1.54) is 7.11 Å². The first-order valence-corrected chi connectivity index (χ1v) is 9.24. The molecule has 1 N–H and O–H groups in total. The Bertz CT molecular complexity index is 621. The fourth-order valence-corrected chi connectivity index (χ4v) is 4.01. The zero-order chi connectivity index (χ0) is 17.7. The maximum Gasteiger partial charge on any atom is 0.313 e. The first kappa shape index (κ1) is 19.1. The van der Waals surface area contributed by atoms with Gasteiger partial charge in [0.15, 0.2) is 0 Å². The molecule has 0 aromatic heterocycles. The second-order valence-electron chi connectivity index (χ2n) is 5.92. The number of nitrogens with zero attached hydrogens (tertiary/aromatic N) is 1. The average molecular weight is 372 g/mol. The van der Waals surface area contributed by atoms with Gasteiger partial charge in [0.1, 0.15) is 5.41 Å². The molecule has 1 aromatic carbocycles. The lowest BCUT2D eigenvalue weighted by molar-refractivity contribution is -0.155. The molecule has 1 fully saturated rings. The highest BCUT2D eigenvalue weighted by atomic mass is 35.5. The summed E-state index contributed by atoms with van der Waals surface area (Å²) in [6, 6.07) is 5.27. The van der Waals surface area contributed by atoms with Gasteiger partial charge in [-0.25, -0.2) is 0 Å². The number of methoxy groups -OCH3 is 1. The Morgan fingerprint density at radius 1 is 1.46 bits per heavy atom. The van der Waals surface area contributed by atoms with Crippen LogP contribution in [0.5, 0.6) is 0 Å². The van der Waals surface area contributed by atoms with Crippen LogP contribution in [0.1, 0.15) is 30.1 Å². The Morgan fingerprint density at radius 3 is 2.83 bits per heavy atom. The van der Waals surface area contributed by atoms with Crippen molar-refractivity contribution >= 4 is 35.2 Å². The molecule has 0 radical (unpaired) electrons. The van der Waals surface area contributed by atoms with E-state index in [4.69, 9.17) is 16.3 Å². The van der Waals surface area contributed by atoms with Gasteiger partial charge >= 0.3 is 5.97 Å². The van der Waals surface area contributed by atoms with Gasteiger partial charge in [-0.15, -0.1) is 11.8 Å². The zero-order valence-electron chi connectivity index (χ0n) is 13.9. The SMILES string of the molecule is CCSc1ccc(Cl)cc1C(=O)N1CCCC(COC)(C(=O)O)C1. The molecule has 1 aliphatic rings. The van der Waals surface area contributed by atoms with E-state index in [1.807, 2.05) is 13.0 Å². The van der Waals surface area contributed by atoms with E-state index in [1.54, 1.807) is 28.8 Å². The standard InChI is InChI=1S/C17H22ClNO4S/c1-3-24-14-6-5-12(18)9-13(14)15(20)19-8-4-7-17(10-19,11-23-2)16(21)22/h5-6,9H,3-4,7-8,10-11H2,1-2H3,(H,21,22). The maximum atomic E-state index is 13.0. The molecule has 1 aliphatic heterocycles. The second kappa shape index (κ2) is 8.23. The van der Waals surface area contributed by atoms with Gasteiger partial charge in [0.25, 0.3) is 5.91 Å². The molecule has 1 heterocycles. The van der Waals surface area contributed by atoms with Gasteiger partial charge in [-0.1, -0.05) is 18.5 Å². The fraction of sp³-hybridized carbons (Fsp3) is 0.529. The predicted molar refractivity (Wildman–Crippen MR) is 94.9 cm³/mol. The molecule has 1 saturated heterocycles. The number of hydrogen-bond acceptors (Lipinski definition) is 4. The van der Waals surface area contributed by atoms with Crippen molar-refractivity contribution in [2.24, 2.45) is 5.41 Å². The van der Waals surface area contributed by atoms with Crippen LogP contribution >= 0.6 is 23.4 Å². The van der Waals surface area contributed by atoms with Crippen molar-refractivity contribution in [2.45, 2.75) is 24.7 Å². The number of rotatable bonds is 6. The van der Waals surface area contributed by atoms with Crippen molar-refractivity contribution in [3.05, 3.63) is 28.8 Å². The minimum absolute atomic E-state index is 0.0955. The van der Waals surface area contributed by atoms with Crippen molar-refractivity contribution < 1.29 is 19.4 Å². The molecule has 0 spiro atoms. The number of hydrogen-bond donors (Lipinski definition) is 1. The first-order chi connectivity index (χ1) is 11.4. The number of likely N-dealkylation sites (tertiary alicyclic amines) is 1. The molecule has 24 heavy (non-hydrogen) atoms. The largest absolute Gasteiger partial charge is 0.481 e. The summed E-state index contributed by atoms with van der Waals surface area (Å²) in [6.07, 6.45) is 1.14. The summed E-state index contributed by atoms with van der Waals surface area (Å²) >= 11 is 7.63. The van der Waals surface area contributed by atoms with Crippen molar-refractivity contribution in [1.29, 1.82) is 0 Å². The number of thioether (sulfide) groups is 1. The van der Waals surface area contributed by atoms with Crippen molar-refractivity contribution in [1.82, 2.24) is 4.90 Å². The number of benzene rings is 1. The topological polar surface area (TPSA) is 66.8 Å². The van der Waals surface area contributed by atoms with Crippen LogP contribution in [0.2, 0.25) is 5.02 Å². The quantitative estimate of drug-likeness (QED) is 0.776.